The smallest absolute Gasteiger partial charge is 0.122 e. The fourth-order valence-electron chi connectivity index (χ4n) is 2.56. The van der Waals surface area contributed by atoms with Gasteiger partial charge in [0, 0.05) is 30.4 Å². The van der Waals surface area contributed by atoms with Crippen LogP contribution in [0, 0.1) is 12.3 Å². The number of nitrogens with two attached hydrogens (primary N) is 1. The van der Waals surface area contributed by atoms with E-state index in [9.17, 15) is 0 Å². The van der Waals surface area contributed by atoms with E-state index in [2.05, 4.69) is 36.9 Å². The summed E-state index contributed by atoms with van der Waals surface area (Å²) in [4.78, 5) is 4.71. The molecule has 0 spiro atoms. The number of rotatable bonds is 3. The Morgan fingerprint density at radius 3 is 2.67 bits per heavy atom. The molecule has 1 aromatic rings. The zero-order chi connectivity index (χ0) is 13.3. The second-order valence-electron chi connectivity index (χ2n) is 5.27. The summed E-state index contributed by atoms with van der Waals surface area (Å²) in [6, 6.07) is 6.66. The van der Waals surface area contributed by atoms with Crippen LogP contribution in [0.25, 0.3) is 0 Å². The highest BCUT2D eigenvalue weighted by molar-refractivity contribution is 5.95. The Hall–Kier alpha value is -1.55. The van der Waals surface area contributed by atoms with Gasteiger partial charge in [-0.25, -0.2) is 0 Å². The van der Waals surface area contributed by atoms with E-state index in [0.29, 0.717) is 6.04 Å². The van der Waals surface area contributed by atoms with Gasteiger partial charge in [-0.05, 0) is 51.2 Å². The molecule has 1 aromatic carbocycles. The average molecular weight is 246 g/mol. The van der Waals surface area contributed by atoms with Crippen molar-refractivity contribution in [2.45, 2.75) is 19.4 Å². The highest BCUT2D eigenvalue weighted by Gasteiger charge is 2.24. The Morgan fingerprint density at radius 1 is 1.44 bits per heavy atom. The Labute approximate surface area is 109 Å². The van der Waals surface area contributed by atoms with Crippen molar-refractivity contribution in [3.8, 4) is 0 Å². The van der Waals surface area contributed by atoms with Crippen LogP contribution in [-0.4, -0.2) is 44.0 Å². The molecule has 0 radical (unpaired) electrons. The van der Waals surface area contributed by atoms with E-state index in [-0.39, 0.29) is 5.84 Å². The van der Waals surface area contributed by atoms with Gasteiger partial charge in [-0.2, -0.15) is 0 Å². The molecule has 1 aliphatic rings. The SMILES string of the molecule is Cc1cc(C(=N)N)ccc1N1CCC(N(C)C)C1. The summed E-state index contributed by atoms with van der Waals surface area (Å²) in [6.45, 7) is 4.27. The van der Waals surface area contributed by atoms with Crippen LogP contribution in [0.5, 0.6) is 0 Å². The second-order valence-corrected chi connectivity index (χ2v) is 5.27. The van der Waals surface area contributed by atoms with Crippen molar-refractivity contribution in [2.24, 2.45) is 5.73 Å². The monoisotopic (exact) mass is 246 g/mol. The molecule has 2 rings (SSSR count). The molecule has 0 saturated carbocycles. The summed E-state index contributed by atoms with van der Waals surface area (Å²) in [7, 11) is 4.28. The van der Waals surface area contributed by atoms with Crippen molar-refractivity contribution in [1.29, 1.82) is 5.41 Å². The quantitative estimate of drug-likeness (QED) is 0.626. The predicted octanol–water partition coefficient (Wildman–Crippen LogP) is 1.42. The van der Waals surface area contributed by atoms with Crippen LogP contribution in [0.4, 0.5) is 5.69 Å². The van der Waals surface area contributed by atoms with Crippen molar-refractivity contribution in [3.63, 3.8) is 0 Å². The number of benzene rings is 1. The van der Waals surface area contributed by atoms with Gasteiger partial charge in [0.1, 0.15) is 5.84 Å². The maximum atomic E-state index is 7.46. The fourth-order valence-corrected chi connectivity index (χ4v) is 2.56. The number of hydrogen-bond acceptors (Lipinski definition) is 3. The standard InChI is InChI=1S/C14H22N4/c1-10-8-11(14(15)16)4-5-13(10)18-7-6-12(9-18)17(2)3/h4-5,8,12H,6-7,9H2,1-3H3,(H3,15,16). The zero-order valence-corrected chi connectivity index (χ0v) is 11.4. The normalized spacial score (nSPS) is 19.6. The molecule has 1 fully saturated rings. The summed E-state index contributed by atoms with van der Waals surface area (Å²) in [5, 5.41) is 7.46. The van der Waals surface area contributed by atoms with Crippen molar-refractivity contribution in [3.05, 3.63) is 29.3 Å². The number of nitrogens with one attached hydrogen (secondary N) is 1. The van der Waals surface area contributed by atoms with Gasteiger partial charge in [0.15, 0.2) is 0 Å². The van der Waals surface area contributed by atoms with E-state index in [1.165, 1.54) is 17.7 Å². The molecule has 0 aliphatic carbocycles. The first-order valence-electron chi connectivity index (χ1n) is 6.35. The third kappa shape index (κ3) is 2.48. The Balaban J connectivity index is 2.18. The topological polar surface area (TPSA) is 56.4 Å². The van der Waals surface area contributed by atoms with E-state index >= 15 is 0 Å². The lowest BCUT2D eigenvalue weighted by Crippen LogP contribution is -2.31. The van der Waals surface area contributed by atoms with Gasteiger partial charge in [-0.15, -0.1) is 0 Å². The molecule has 1 aliphatic heterocycles. The van der Waals surface area contributed by atoms with Crippen LogP contribution in [0.2, 0.25) is 0 Å². The molecule has 98 valence electrons. The Bertz CT molecular complexity index is 453. The summed E-state index contributed by atoms with van der Waals surface area (Å²) >= 11 is 0. The van der Waals surface area contributed by atoms with E-state index in [4.69, 9.17) is 11.1 Å². The molecule has 0 bridgehead atoms. The zero-order valence-electron chi connectivity index (χ0n) is 11.4. The minimum absolute atomic E-state index is 0.136. The lowest BCUT2D eigenvalue weighted by Gasteiger charge is -2.23. The maximum absolute atomic E-state index is 7.46. The summed E-state index contributed by atoms with van der Waals surface area (Å²) in [5.41, 5.74) is 8.78. The first kappa shape index (κ1) is 12.9. The van der Waals surface area contributed by atoms with Gasteiger partial charge in [0.2, 0.25) is 0 Å². The van der Waals surface area contributed by atoms with Gasteiger partial charge in [0.25, 0.3) is 0 Å². The Morgan fingerprint density at radius 2 is 2.17 bits per heavy atom. The van der Waals surface area contributed by atoms with Gasteiger partial charge < -0.3 is 15.5 Å². The van der Waals surface area contributed by atoms with Crippen molar-refractivity contribution in [2.75, 3.05) is 32.1 Å². The largest absolute Gasteiger partial charge is 0.384 e. The van der Waals surface area contributed by atoms with Crippen LogP contribution in [0.15, 0.2) is 18.2 Å². The molecular weight excluding hydrogens is 224 g/mol. The number of nitrogen functional groups attached to an aromatic ring is 1. The number of hydrogen-bond donors (Lipinski definition) is 2. The maximum Gasteiger partial charge on any atom is 0.122 e. The first-order valence-corrected chi connectivity index (χ1v) is 6.35. The third-order valence-corrected chi connectivity index (χ3v) is 3.74. The minimum atomic E-state index is 0.136. The molecule has 18 heavy (non-hydrogen) atoms. The van der Waals surface area contributed by atoms with Gasteiger partial charge in [-0.3, -0.25) is 5.41 Å². The van der Waals surface area contributed by atoms with E-state index < -0.39 is 0 Å². The Kier molecular flexibility index (Phi) is 3.57. The lowest BCUT2D eigenvalue weighted by molar-refractivity contribution is 0.315. The molecule has 1 saturated heterocycles. The fraction of sp³-hybridized carbons (Fsp3) is 0.500. The van der Waals surface area contributed by atoms with Crippen molar-refractivity contribution >= 4 is 11.5 Å². The number of anilines is 1. The molecule has 3 N–H and O–H groups in total. The molecule has 4 nitrogen and oxygen atoms in total. The third-order valence-electron chi connectivity index (χ3n) is 3.74. The summed E-state index contributed by atoms with van der Waals surface area (Å²) in [5.74, 6) is 0.136. The second kappa shape index (κ2) is 4.98. The van der Waals surface area contributed by atoms with E-state index in [0.717, 1.165) is 18.7 Å². The van der Waals surface area contributed by atoms with Crippen molar-refractivity contribution < 1.29 is 0 Å². The predicted molar refractivity (Wildman–Crippen MR) is 76.5 cm³/mol. The molecule has 4 heteroatoms. The van der Waals surface area contributed by atoms with Crippen molar-refractivity contribution in [1.82, 2.24) is 4.90 Å². The van der Waals surface area contributed by atoms with Crippen LogP contribution < -0.4 is 10.6 Å². The number of amidine groups is 1. The van der Waals surface area contributed by atoms with Gasteiger partial charge >= 0.3 is 0 Å². The molecular formula is C14H22N4. The van der Waals surface area contributed by atoms with Crippen LogP contribution >= 0.6 is 0 Å². The molecule has 0 amide bonds. The molecule has 1 atom stereocenters. The van der Waals surface area contributed by atoms with Crippen LogP contribution in [-0.2, 0) is 0 Å². The highest BCUT2D eigenvalue weighted by Crippen LogP contribution is 2.26. The molecule has 1 heterocycles. The number of likely N-dealkylation sites (N-methyl/N-ethyl adjacent to an activating group) is 1. The first-order chi connectivity index (χ1) is 8.49. The lowest BCUT2D eigenvalue weighted by atomic mass is 10.1. The van der Waals surface area contributed by atoms with E-state index in [1.54, 1.807) is 0 Å². The van der Waals surface area contributed by atoms with Gasteiger partial charge in [0.05, 0.1) is 0 Å². The highest BCUT2D eigenvalue weighted by atomic mass is 15.2. The van der Waals surface area contributed by atoms with Crippen LogP contribution in [0.3, 0.4) is 0 Å². The number of nitrogens with zero attached hydrogens (tertiary/aromatic N) is 2. The summed E-state index contributed by atoms with van der Waals surface area (Å²) in [6.07, 6.45) is 1.21. The minimum Gasteiger partial charge on any atom is -0.384 e. The average Bonchev–Trinajstić information content (AvgIpc) is 2.78. The van der Waals surface area contributed by atoms with Crippen LogP contribution in [0.1, 0.15) is 17.5 Å². The number of aryl methyl sites for hydroxylation is 1. The summed E-state index contributed by atoms with van der Waals surface area (Å²) < 4.78 is 0. The van der Waals surface area contributed by atoms with Gasteiger partial charge in [-0.1, -0.05) is 0 Å². The molecule has 0 aromatic heterocycles. The molecule has 1 unspecified atom stereocenters. The van der Waals surface area contributed by atoms with E-state index in [1.807, 2.05) is 12.1 Å².